The van der Waals surface area contributed by atoms with Gasteiger partial charge < -0.3 is 0 Å². The Morgan fingerprint density at radius 3 is 1.15 bits per heavy atom. The number of rotatable bonds is 2. The van der Waals surface area contributed by atoms with Gasteiger partial charge in [-0.3, -0.25) is 0 Å². The maximum Gasteiger partial charge on any atom is 0.422 e. The Hall–Kier alpha value is -0.240. The zero-order valence-electron chi connectivity index (χ0n) is 5.79. The maximum atomic E-state index is 11.6. The molecular formula is C5H2F6S2. The van der Waals surface area contributed by atoms with Crippen LogP contribution in [0, 0.1) is 0 Å². The van der Waals surface area contributed by atoms with Gasteiger partial charge in [0.2, 0.25) is 0 Å². The molecule has 0 unspecified atom stereocenters. The van der Waals surface area contributed by atoms with Crippen LogP contribution in [0.25, 0.3) is 0 Å². The molecule has 0 N–H and O–H groups in total. The van der Waals surface area contributed by atoms with Gasteiger partial charge in [-0.05, 0) is 0 Å². The first kappa shape index (κ1) is 12.8. The standard InChI is InChI=1S/C5H2F6S2/c6-4(7,8)2(12)1-3(13)5(9,10)11/h1H2. The summed E-state index contributed by atoms with van der Waals surface area (Å²) >= 11 is 7.45. The van der Waals surface area contributed by atoms with Gasteiger partial charge >= 0.3 is 12.4 Å². The third-order valence-corrected chi connectivity index (χ3v) is 1.71. The van der Waals surface area contributed by atoms with Crippen molar-refractivity contribution in [1.82, 2.24) is 0 Å². The van der Waals surface area contributed by atoms with Crippen molar-refractivity contribution >= 4 is 34.2 Å². The van der Waals surface area contributed by atoms with E-state index in [1.807, 2.05) is 0 Å². The van der Waals surface area contributed by atoms with Crippen LogP contribution < -0.4 is 0 Å². The molecule has 0 saturated heterocycles. The van der Waals surface area contributed by atoms with E-state index in [0.29, 0.717) is 0 Å². The lowest BCUT2D eigenvalue weighted by atomic mass is 10.2. The Kier molecular flexibility index (Phi) is 3.80. The van der Waals surface area contributed by atoms with Crippen LogP contribution in [0.4, 0.5) is 26.3 Å². The molecule has 0 aliphatic rings. The highest BCUT2D eigenvalue weighted by Crippen LogP contribution is 2.25. The van der Waals surface area contributed by atoms with Crippen LogP contribution in [-0.2, 0) is 0 Å². The summed E-state index contributed by atoms with van der Waals surface area (Å²) in [6, 6.07) is 0. The number of halogens is 6. The van der Waals surface area contributed by atoms with Gasteiger partial charge in [0, 0.05) is 6.42 Å². The highest BCUT2D eigenvalue weighted by molar-refractivity contribution is 7.82. The van der Waals surface area contributed by atoms with E-state index in [-0.39, 0.29) is 0 Å². The van der Waals surface area contributed by atoms with Crippen LogP contribution in [0.3, 0.4) is 0 Å². The Morgan fingerprint density at radius 1 is 0.769 bits per heavy atom. The zero-order valence-corrected chi connectivity index (χ0v) is 7.42. The highest BCUT2D eigenvalue weighted by atomic mass is 32.1. The third-order valence-electron chi connectivity index (χ3n) is 0.953. The van der Waals surface area contributed by atoms with E-state index in [4.69, 9.17) is 0 Å². The van der Waals surface area contributed by atoms with Crippen LogP contribution in [0.15, 0.2) is 0 Å². The molecule has 0 heterocycles. The fourth-order valence-corrected chi connectivity index (χ4v) is 0.726. The van der Waals surface area contributed by atoms with Gasteiger partial charge in [0.05, 0.1) is 0 Å². The van der Waals surface area contributed by atoms with Crippen molar-refractivity contribution in [3.63, 3.8) is 0 Å². The number of hydrogen-bond donors (Lipinski definition) is 0. The molecule has 0 bridgehead atoms. The Bertz CT molecular complexity index is 200. The number of alkyl halides is 6. The monoisotopic (exact) mass is 240 g/mol. The molecule has 0 radical (unpaired) electrons. The summed E-state index contributed by atoms with van der Waals surface area (Å²) in [6.45, 7) is 0. The molecule has 0 aromatic carbocycles. The summed E-state index contributed by atoms with van der Waals surface area (Å²) in [6.07, 6.45) is -11.2. The van der Waals surface area contributed by atoms with Gasteiger partial charge in [0.15, 0.2) is 0 Å². The zero-order chi connectivity index (χ0) is 10.9. The molecule has 8 heteroatoms. The van der Waals surface area contributed by atoms with Crippen molar-refractivity contribution in [2.75, 3.05) is 0 Å². The first-order valence-corrected chi connectivity index (χ1v) is 3.57. The van der Waals surface area contributed by atoms with Crippen LogP contribution in [0.2, 0.25) is 0 Å². The van der Waals surface area contributed by atoms with Crippen molar-refractivity contribution in [1.29, 1.82) is 0 Å². The molecule has 13 heavy (non-hydrogen) atoms. The molecule has 0 amide bonds. The quantitative estimate of drug-likeness (QED) is 0.536. The van der Waals surface area contributed by atoms with Gasteiger partial charge in [-0.15, -0.1) is 0 Å². The normalized spacial score (nSPS) is 12.8. The molecule has 0 fully saturated rings. The van der Waals surface area contributed by atoms with Gasteiger partial charge in [0.1, 0.15) is 9.73 Å². The Labute approximate surface area is 79.9 Å². The molecule has 0 aliphatic carbocycles. The van der Waals surface area contributed by atoms with Crippen molar-refractivity contribution in [3.8, 4) is 0 Å². The molecule has 0 aromatic rings. The lowest BCUT2D eigenvalue weighted by molar-refractivity contribution is -0.0619. The number of thiocarbonyl (C=S) groups is 2. The van der Waals surface area contributed by atoms with Crippen molar-refractivity contribution < 1.29 is 26.3 Å². The lowest BCUT2D eigenvalue weighted by Crippen LogP contribution is -2.29. The van der Waals surface area contributed by atoms with Gasteiger partial charge in [-0.2, -0.15) is 26.3 Å². The van der Waals surface area contributed by atoms with Crippen molar-refractivity contribution in [2.24, 2.45) is 0 Å². The highest BCUT2D eigenvalue weighted by Gasteiger charge is 2.40. The minimum absolute atomic E-state index is 1.45. The smallest absolute Gasteiger partial charge is 0.166 e. The van der Waals surface area contributed by atoms with E-state index in [0.717, 1.165) is 0 Å². The second kappa shape index (κ2) is 3.87. The molecule has 0 aliphatic heterocycles. The molecular weight excluding hydrogens is 238 g/mol. The molecule has 0 aromatic heterocycles. The van der Waals surface area contributed by atoms with Gasteiger partial charge in [0.25, 0.3) is 0 Å². The SMILES string of the molecule is FC(F)(F)C(=S)CC(=S)C(F)(F)F. The summed E-state index contributed by atoms with van der Waals surface area (Å²) in [5.41, 5.74) is 0. The van der Waals surface area contributed by atoms with E-state index in [1.54, 1.807) is 0 Å². The van der Waals surface area contributed by atoms with Gasteiger partial charge in [-0.25, -0.2) is 0 Å². The van der Waals surface area contributed by atoms with E-state index in [2.05, 4.69) is 24.4 Å². The third kappa shape index (κ3) is 4.51. The number of hydrogen-bond acceptors (Lipinski definition) is 2. The Morgan fingerprint density at radius 2 is 1.00 bits per heavy atom. The predicted octanol–water partition coefficient (Wildman–Crippen LogP) is 3.24. The molecule has 0 spiro atoms. The molecule has 0 rings (SSSR count). The average molecular weight is 240 g/mol. The summed E-state index contributed by atoms with van der Waals surface area (Å²) in [5.74, 6) is 0. The van der Waals surface area contributed by atoms with Crippen LogP contribution in [0.5, 0.6) is 0 Å². The summed E-state index contributed by atoms with van der Waals surface area (Å²) in [4.78, 5) is -3.32. The van der Waals surface area contributed by atoms with E-state index in [9.17, 15) is 26.3 Å². The molecule has 0 saturated carbocycles. The summed E-state index contributed by atoms with van der Waals surface area (Å²) in [5, 5.41) is 0. The molecule has 0 atom stereocenters. The fourth-order valence-electron chi connectivity index (χ4n) is 0.346. The van der Waals surface area contributed by atoms with Crippen LogP contribution in [0.1, 0.15) is 6.42 Å². The van der Waals surface area contributed by atoms with E-state index in [1.165, 1.54) is 0 Å². The largest absolute Gasteiger partial charge is 0.422 e. The van der Waals surface area contributed by atoms with Crippen molar-refractivity contribution in [2.45, 2.75) is 18.8 Å². The summed E-state index contributed by atoms with van der Waals surface area (Å²) < 4.78 is 69.8. The molecule has 0 nitrogen and oxygen atoms in total. The van der Waals surface area contributed by atoms with Crippen LogP contribution >= 0.6 is 24.4 Å². The average Bonchev–Trinajstić information content (AvgIpc) is 1.82. The predicted molar refractivity (Wildman–Crippen MR) is 41.9 cm³/mol. The topological polar surface area (TPSA) is 0 Å². The first-order chi connectivity index (χ1) is 5.55. The minimum atomic E-state index is -4.90. The minimum Gasteiger partial charge on any atom is -0.166 e. The second-order valence-corrected chi connectivity index (χ2v) is 3.00. The van der Waals surface area contributed by atoms with Crippen molar-refractivity contribution in [3.05, 3.63) is 0 Å². The van der Waals surface area contributed by atoms with E-state index < -0.39 is 28.5 Å². The maximum absolute atomic E-state index is 11.6. The Balaban J connectivity index is 4.34. The first-order valence-electron chi connectivity index (χ1n) is 2.75. The lowest BCUT2D eigenvalue weighted by Gasteiger charge is -2.10. The second-order valence-electron chi connectivity index (χ2n) is 2.02. The van der Waals surface area contributed by atoms with E-state index >= 15 is 0 Å². The summed E-state index contributed by atoms with van der Waals surface area (Å²) in [7, 11) is 0. The fraction of sp³-hybridized carbons (Fsp3) is 0.600. The van der Waals surface area contributed by atoms with Gasteiger partial charge in [-0.1, -0.05) is 24.4 Å². The van der Waals surface area contributed by atoms with Crippen LogP contribution in [-0.4, -0.2) is 22.1 Å². The molecule has 76 valence electrons.